The van der Waals surface area contributed by atoms with Crippen LogP contribution in [-0.2, 0) is 0 Å². The molecule has 3 nitrogen and oxygen atoms in total. The highest BCUT2D eigenvalue weighted by molar-refractivity contribution is 5.94. The van der Waals surface area contributed by atoms with Crippen LogP contribution in [0.15, 0.2) is 18.2 Å². The molecule has 1 aromatic rings. The highest BCUT2D eigenvalue weighted by atomic mass is 16.1. The zero-order valence-corrected chi connectivity index (χ0v) is 14.6. The minimum atomic E-state index is 0.0907. The molecule has 0 atom stereocenters. The first-order chi connectivity index (χ1) is 11.1. The van der Waals surface area contributed by atoms with Crippen LogP contribution >= 0.6 is 0 Å². The molecule has 0 spiro atoms. The number of carbonyl (C=O) groups excluding carboxylic acids is 1. The van der Waals surface area contributed by atoms with E-state index in [0.717, 1.165) is 48.7 Å². The Morgan fingerprint density at radius 3 is 2.17 bits per heavy atom. The van der Waals surface area contributed by atoms with Crippen LogP contribution in [0.3, 0.4) is 0 Å². The van der Waals surface area contributed by atoms with Gasteiger partial charge in [0.25, 0.3) is 5.91 Å². The second kappa shape index (κ2) is 7.48. The van der Waals surface area contributed by atoms with E-state index < -0.39 is 0 Å². The third-order valence-corrected chi connectivity index (χ3v) is 5.44. The van der Waals surface area contributed by atoms with Crippen LogP contribution in [0, 0.1) is 13.8 Å². The number of carbonyl (C=O) groups is 1. The number of aryl methyl sites for hydroxylation is 2. The van der Waals surface area contributed by atoms with Crippen molar-refractivity contribution in [2.24, 2.45) is 0 Å². The molecule has 1 heterocycles. The van der Waals surface area contributed by atoms with E-state index >= 15 is 0 Å². The molecule has 1 amide bonds. The maximum absolute atomic E-state index is 12.5. The molecule has 23 heavy (non-hydrogen) atoms. The van der Waals surface area contributed by atoms with Gasteiger partial charge in [0, 0.05) is 30.7 Å². The van der Waals surface area contributed by atoms with Crippen molar-refractivity contribution in [1.29, 1.82) is 0 Å². The first-order valence-corrected chi connectivity index (χ1v) is 9.25. The molecule has 1 N–H and O–H groups in total. The first kappa shape index (κ1) is 16.5. The number of rotatable bonds is 3. The van der Waals surface area contributed by atoms with Crippen LogP contribution in [0.2, 0.25) is 0 Å². The van der Waals surface area contributed by atoms with Crippen molar-refractivity contribution in [1.82, 2.24) is 10.2 Å². The van der Waals surface area contributed by atoms with Gasteiger partial charge in [0.1, 0.15) is 0 Å². The molecule has 1 aliphatic carbocycles. The number of likely N-dealkylation sites (tertiary alicyclic amines) is 1. The van der Waals surface area contributed by atoms with Crippen LogP contribution in [-0.4, -0.2) is 36.0 Å². The molecule has 0 radical (unpaired) electrons. The van der Waals surface area contributed by atoms with E-state index in [-0.39, 0.29) is 5.91 Å². The summed E-state index contributed by atoms with van der Waals surface area (Å²) in [6, 6.07) is 7.22. The molecular weight excluding hydrogens is 284 g/mol. The van der Waals surface area contributed by atoms with Gasteiger partial charge in [-0.1, -0.05) is 36.5 Å². The summed E-state index contributed by atoms with van der Waals surface area (Å²) in [5, 5.41) is 3.25. The van der Waals surface area contributed by atoms with Gasteiger partial charge in [-0.25, -0.2) is 0 Å². The predicted molar refractivity (Wildman–Crippen MR) is 94.9 cm³/mol. The molecule has 2 fully saturated rings. The van der Waals surface area contributed by atoms with Gasteiger partial charge in [0.2, 0.25) is 0 Å². The quantitative estimate of drug-likeness (QED) is 0.919. The number of benzene rings is 1. The van der Waals surface area contributed by atoms with Crippen molar-refractivity contribution in [2.75, 3.05) is 13.1 Å². The van der Waals surface area contributed by atoms with Gasteiger partial charge < -0.3 is 10.2 Å². The van der Waals surface area contributed by atoms with E-state index in [1.807, 2.05) is 26.0 Å². The molecule has 1 aromatic carbocycles. The molecule has 126 valence electrons. The molecule has 0 aromatic heterocycles. The largest absolute Gasteiger partial charge is 0.349 e. The van der Waals surface area contributed by atoms with Crippen LogP contribution in [0.25, 0.3) is 0 Å². The molecule has 3 heteroatoms. The van der Waals surface area contributed by atoms with Crippen molar-refractivity contribution in [2.45, 2.75) is 70.9 Å². The molecule has 2 aliphatic rings. The minimum Gasteiger partial charge on any atom is -0.349 e. The molecule has 3 rings (SSSR count). The topological polar surface area (TPSA) is 32.3 Å². The average Bonchev–Trinajstić information content (AvgIpc) is 2.55. The molecule has 0 bridgehead atoms. The Morgan fingerprint density at radius 1 is 0.957 bits per heavy atom. The zero-order valence-electron chi connectivity index (χ0n) is 14.6. The number of piperidine rings is 1. The minimum absolute atomic E-state index is 0.0907. The average molecular weight is 314 g/mol. The summed E-state index contributed by atoms with van der Waals surface area (Å²) in [6.07, 6.45) is 9.14. The fourth-order valence-electron chi connectivity index (χ4n) is 4.23. The third-order valence-electron chi connectivity index (χ3n) is 5.44. The van der Waals surface area contributed by atoms with Gasteiger partial charge in [0.15, 0.2) is 0 Å². The van der Waals surface area contributed by atoms with Crippen molar-refractivity contribution < 1.29 is 4.79 Å². The molecule has 1 saturated carbocycles. The normalized spacial score (nSPS) is 21.3. The smallest absolute Gasteiger partial charge is 0.251 e. The van der Waals surface area contributed by atoms with E-state index in [4.69, 9.17) is 0 Å². The van der Waals surface area contributed by atoms with Crippen LogP contribution < -0.4 is 5.32 Å². The van der Waals surface area contributed by atoms with Crippen molar-refractivity contribution >= 4 is 5.91 Å². The Morgan fingerprint density at radius 2 is 1.57 bits per heavy atom. The zero-order chi connectivity index (χ0) is 16.2. The summed E-state index contributed by atoms with van der Waals surface area (Å²) in [5.74, 6) is 0.0907. The lowest BCUT2D eigenvalue weighted by atomic mass is 9.92. The SMILES string of the molecule is Cc1cc(C)cc(C(=O)NC2CCN(C3CCCCC3)CC2)c1. The van der Waals surface area contributed by atoms with E-state index in [2.05, 4.69) is 16.3 Å². The lowest BCUT2D eigenvalue weighted by molar-refractivity contribution is 0.0865. The fourth-order valence-corrected chi connectivity index (χ4v) is 4.23. The molecule has 1 aliphatic heterocycles. The molecular formula is C20H30N2O. The summed E-state index contributed by atoms with van der Waals surface area (Å²) in [7, 11) is 0. The fraction of sp³-hybridized carbons (Fsp3) is 0.650. The second-order valence-electron chi connectivity index (χ2n) is 7.45. The molecule has 1 saturated heterocycles. The monoisotopic (exact) mass is 314 g/mol. The van der Waals surface area contributed by atoms with E-state index in [1.165, 1.54) is 32.1 Å². The Kier molecular flexibility index (Phi) is 5.37. The van der Waals surface area contributed by atoms with Gasteiger partial charge in [-0.3, -0.25) is 4.79 Å². The summed E-state index contributed by atoms with van der Waals surface area (Å²) in [6.45, 7) is 6.38. The van der Waals surface area contributed by atoms with E-state index in [0.29, 0.717) is 6.04 Å². The standard InChI is InChI=1S/C20H30N2O/c1-15-12-16(2)14-17(13-15)20(23)21-18-8-10-22(11-9-18)19-6-4-3-5-7-19/h12-14,18-19H,3-11H2,1-2H3,(H,21,23). The summed E-state index contributed by atoms with van der Waals surface area (Å²) >= 11 is 0. The van der Waals surface area contributed by atoms with Gasteiger partial charge in [-0.15, -0.1) is 0 Å². The lowest BCUT2D eigenvalue weighted by Gasteiger charge is -2.39. The Bertz CT molecular complexity index is 520. The highest BCUT2D eigenvalue weighted by Gasteiger charge is 2.26. The Hall–Kier alpha value is -1.35. The molecule has 0 unspecified atom stereocenters. The Labute approximate surface area is 140 Å². The van der Waals surface area contributed by atoms with Gasteiger partial charge in [0.05, 0.1) is 0 Å². The Balaban J connectivity index is 1.51. The predicted octanol–water partition coefficient (Wildman–Crippen LogP) is 3.83. The van der Waals surface area contributed by atoms with Crippen LogP contribution in [0.5, 0.6) is 0 Å². The van der Waals surface area contributed by atoms with E-state index in [1.54, 1.807) is 0 Å². The maximum Gasteiger partial charge on any atom is 0.251 e. The number of nitrogens with one attached hydrogen (secondary N) is 1. The second-order valence-corrected chi connectivity index (χ2v) is 7.45. The maximum atomic E-state index is 12.5. The van der Waals surface area contributed by atoms with Gasteiger partial charge in [-0.05, 0) is 51.7 Å². The number of hydrogen-bond acceptors (Lipinski definition) is 2. The lowest BCUT2D eigenvalue weighted by Crippen LogP contribution is -2.48. The van der Waals surface area contributed by atoms with Crippen LogP contribution in [0.1, 0.15) is 66.4 Å². The number of hydrogen-bond donors (Lipinski definition) is 1. The highest BCUT2D eigenvalue weighted by Crippen LogP contribution is 2.25. The van der Waals surface area contributed by atoms with Crippen molar-refractivity contribution in [3.63, 3.8) is 0 Å². The van der Waals surface area contributed by atoms with Crippen molar-refractivity contribution in [3.05, 3.63) is 34.9 Å². The van der Waals surface area contributed by atoms with E-state index in [9.17, 15) is 4.79 Å². The number of nitrogens with zero attached hydrogens (tertiary/aromatic N) is 1. The third kappa shape index (κ3) is 4.35. The van der Waals surface area contributed by atoms with Crippen molar-refractivity contribution in [3.8, 4) is 0 Å². The summed E-state index contributed by atoms with van der Waals surface area (Å²) in [4.78, 5) is 15.1. The van der Waals surface area contributed by atoms with Gasteiger partial charge >= 0.3 is 0 Å². The summed E-state index contributed by atoms with van der Waals surface area (Å²) in [5.41, 5.74) is 3.11. The van der Waals surface area contributed by atoms with Gasteiger partial charge in [-0.2, -0.15) is 0 Å². The first-order valence-electron chi connectivity index (χ1n) is 9.25. The van der Waals surface area contributed by atoms with Crippen LogP contribution in [0.4, 0.5) is 0 Å². The summed E-state index contributed by atoms with van der Waals surface area (Å²) < 4.78 is 0. The number of amides is 1.